The van der Waals surface area contributed by atoms with Crippen LogP contribution in [0.5, 0.6) is 0 Å². The van der Waals surface area contributed by atoms with E-state index in [9.17, 15) is 0 Å². The fraction of sp³-hybridized carbons (Fsp3) is 0.0345. The van der Waals surface area contributed by atoms with Crippen molar-refractivity contribution in [1.82, 2.24) is 0 Å². The van der Waals surface area contributed by atoms with Crippen molar-refractivity contribution in [3.05, 3.63) is 133 Å². The van der Waals surface area contributed by atoms with E-state index in [0.717, 1.165) is 6.42 Å². The van der Waals surface area contributed by atoms with E-state index in [1.54, 1.807) is 0 Å². The van der Waals surface area contributed by atoms with Gasteiger partial charge in [0.05, 0.1) is 0 Å². The monoisotopic (exact) mass is 402 g/mol. The first-order valence-electron chi connectivity index (χ1n) is 10.4. The lowest BCUT2D eigenvalue weighted by Gasteiger charge is -2.19. The minimum atomic E-state index is -0.553. The molecule has 0 bridgehead atoms. The molecule has 0 heterocycles. The van der Waals surface area contributed by atoms with E-state index in [4.69, 9.17) is 0 Å². The average molecular weight is 402 g/mol. The summed E-state index contributed by atoms with van der Waals surface area (Å²) in [6.07, 6.45) is 7.59. The van der Waals surface area contributed by atoms with Crippen molar-refractivity contribution < 1.29 is 0 Å². The van der Waals surface area contributed by atoms with Gasteiger partial charge in [-0.1, -0.05) is 127 Å². The normalized spacial score (nSPS) is 12.9. The van der Waals surface area contributed by atoms with Gasteiger partial charge in [0.2, 0.25) is 0 Å². The van der Waals surface area contributed by atoms with Gasteiger partial charge in [0.25, 0.3) is 0 Å². The van der Waals surface area contributed by atoms with Gasteiger partial charge in [-0.3, -0.25) is 0 Å². The van der Waals surface area contributed by atoms with Crippen LogP contribution in [0.2, 0.25) is 0 Å². The average Bonchev–Trinajstić information content (AvgIpc) is 3.37. The van der Waals surface area contributed by atoms with Crippen molar-refractivity contribution in [2.75, 3.05) is 0 Å². The summed E-state index contributed by atoms with van der Waals surface area (Å²) in [4.78, 5) is 0. The van der Waals surface area contributed by atoms with Crippen LogP contribution in [-0.4, -0.2) is 0 Å². The largest absolute Gasteiger partial charge is 0.0801 e. The van der Waals surface area contributed by atoms with E-state index in [0.29, 0.717) is 0 Å². The molecule has 4 aromatic carbocycles. The predicted octanol–water partition coefficient (Wildman–Crippen LogP) is 6.46. The number of benzene rings is 4. The zero-order chi connectivity index (χ0) is 20.2. The highest BCUT2D eigenvalue weighted by molar-refractivity contribution is 7.79. The van der Waals surface area contributed by atoms with E-state index in [-0.39, 0.29) is 0 Å². The second kappa shape index (κ2) is 8.66. The zero-order valence-electron chi connectivity index (χ0n) is 16.8. The molecule has 0 unspecified atom stereocenters. The fourth-order valence-corrected chi connectivity index (χ4v) is 6.22. The number of hydrogen-bond donors (Lipinski definition) is 0. The maximum atomic E-state index is 2.30. The fourth-order valence-electron chi connectivity index (χ4n) is 3.94. The number of allylic oxidation sites excluding steroid dienone is 4. The van der Waals surface area contributed by atoms with E-state index >= 15 is 0 Å². The van der Waals surface area contributed by atoms with Gasteiger partial charge in [0.15, 0.2) is 0 Å². The lowest BCUT2D eigenvalue weighted by molar-refractivity contribution is 1.43. The van der Waals surface area contributed by atoms with E-state index in [1.165, 1.54) is 38.2 Å². The van der Waals surface area contributed by atoms with Crippen LogP contribution in [0.3, 0.4) is 0 Å². The number of rotatable bonds is 5. The van der Waals surface area contributed by atoms with Gasteiger partial charge >= 0.3 is 0 Å². The Hall–Kier alpha value is -3.21. The minimum Gasteiger partial charge on any atom is -0.0801 e. The summed E-state index contributed by atoms with van der Waals surface area (Å²) < 4.78 is 0. The van der Waals surface area contributed by atoms with Crippen molar-refractivity contribution in [3.63, 3.8) is 0 Å². The molecule has 1 aliphatic carbocycles. The summed E-state index contributed by atoms with van der Waals surface area (Å²) in [6.45, 7) is 0. The maximum absolute atomic E-state index is 2.30. The molecular weight excluding hydrogens is 379 g/mol. The molecule has 0 N–H and O–H groups in total. The smallest absolute Gasteiger partial charge is 0.00884 e. The molecular formula is C29H23P. The maximum Gasteiger partial charge on any atom is -0.00884 e. The lowest BCUT2D eigenvalue weighted by Crippen LogP contribution is -2.20. The third-order valence-corrected chi connectivity index (χ3v) is 7.96. The molecule has 1 aliphatic rings. The van der Waals surface area contributed by atoms with Crippen molar-refractivity contribution in [2.45, 2.75) is 6.42 Å². The topological polar surface area (TPSA) is 0 Å². The Bertz CT molecular complexity index is 1130. The van der Waals surface area contributed by atoms with Crippen LogP contribution in [0.1, 0.15) is 12.0 Å². The Morgan fingerprint density at radius 1 is 0.467 bits per heavy atom. The van der Waals surface area contributed by atoms with Crippen molar-refractivity contribution in [2.24, 2.45) is 0 Å². The molecule has 1 heteroatoms. The Morgan fingerprint density at radius 2 is 0.933 bits per heavy atom. The van der Waals surface area contributed by atoms with E-state index in [2.05, 4.69) is 127 Å². The highest BCUT2D eigenvalue weighted by Crippen LogP contribution is 2.33. The second-order valence-electron chi connectivity index (χ2n) is 7.45. The summed E-state index contributed by atoms with van der Waals surface area (Å²) in [5, 5.41) is 4.15. The first kappa shape index (κ1) is 18.8. The quantitative estimate of drug-likeness (QED) is 0.336. The Kier molecular flexibility index (Phi) is 5.42. The van der Waals surface area contributed by atoms with Crippen LogP contribution in [0, 0.1) is 0 Å². The Labute approximate surface area is 180 Å². The van der Waals surface area contributed by atoms with E-state index in [1.807, 2.05) is 0 Å². The highest BCUT2D eigenvalue weighted by Gasteiger charge is 2.16. The van der Waals surface area contributed by atoms with Crippen LogP contribution in [0.25, 0.3) is 16.7 Å². The zero-order valence-corrected chi connectivity index (χ0v) is 17.7. The summed E-state index contributed by atoms with van der Waals surface area (Å²) in [5.41, 5.74) is 5.24. The predicted molar refractivity (Wildman–Crippen MR) is 132 cm³/mol. The number of hydrogen-bond acceptors (Lipinski definition) is 0. The molecule has 30 heavy (non-hydrogen) atoms. The SMILES string of the molecule is C1=CCC(c2ccc(-c3ccc(P(c4ccccc4)c4ccccc4)cc3)cc2)=C1. The molecule has 0 atom stereocenters. The van der Waals surface area contributed by atoms with Crippen LogP contribution >= 0.6 is 7.92 Å². The third-order valence-electron chi connectivity index (χ3n) is 5.51. The Morgan fingerprint density at radius 3 is 1.43 bits per heavy atom. The van der Waals surface area contributed by atoms with Crippen molar-refractivity contribution in [3.8, 4) is 11.1 Å². The molecule has 0 nitrogen and oxygen atoms in total. The first-order valence-corrected chi connectivity index (χ1v) is 11.7. The van der Waals surface area contributed by atoms with Crippen molar-refractivity contribution in [1.29, 1.82) is 0 Å². The molecule has 0 amide bonds. The van der Waals surface area contributed by atoms with Gasteiger partial charge in [-0.05, 0) is 52.5 Å². The molecule has 0 aliphatic heterocycles. The van der Waals surface area contributed by atoms with Crippen LogP contribution in [0.4, 0.5) is 0 Å². The minimum absolute atomic E-state index is 0.553. The van der Waals surface area contributed by atoms with Crippen molar-refractivity contribution >= 4 is 29.4 Å². The summed E-state index contributed by atoms with van der Waals surface area (Å²) in [7, 11) is -0.553. The summed E-state index contributed by atoms with van der Waals surface area (Å²) in [5.74, 6) is 0. The molecule has 5 rings (SSSR count). The molecule has 4 aromatic rings. The van der Waals surface area contributed by atoms with Gasteiger partial charge in [0.1, 0.15) is 0 Å². The summed E-state index contributed by atoms with van der Waals surface area (Å²) in [6, 6.07) is 39.8. The lowest BCUT2D eigenvalue weighted by atomic mass is 10.00. The third kappa shape index (κ3) is 3.92. The van der Waals surface area contributed by atoms with Crippen LogP contribution in [0.15, 0.2) is 127 Å². The molecule has 0 aromatic heterocycles. The molecule has 144 valence electrons. The Balaban J connectivity index is 1.45. The van der Waals surface area contributed by atoms with Gasteiger partial charge in [0, 0.05) is 0 Å². The van der Waals surface area contributed by atoms with Crippen LogP contribution < -0.4 is 15.9 Å². The van der Waals surface area contributed by atoms with Gasteiger partial charge in [-0.25, -0.2) is 0 Å². The molecule has 0 spiro atoms. The highest BCUT2D eigenvalue weighted by atomic mass is 31.1. The second-order valence-corrected chi connectivity index (χ2v) is 9.67. The van der Waals surface area contributed by atoms with Gasteiger partial charge in [-0.2, -0.15) is 0 Å². The van der Waals surface area contributed by atoms with Crippen LogP contribution in [-0.2, 0) is 0 Å². The van der Waals surface area contributed by atoms with Gasteiger partial charge in [-0.15, -0.1) is 0 Å². The molecule has 0 fully saturated rings. The first-order chi connectivity index (χ1) is 14.9. The van der Waals surface area contributed by atoms with E-state index < -0.39 is 7.92 Å². The van der Waals surface area contributed by atoms with Gasteiger partial charge < -0.3 is 0 Å². The molecule has 0 radical (unpaired) electrons. The summed E-state index contributed by atoms with van der Waals surface area (Å²) >= 11 is 0. The standard InChI is InChI=1S/C29H23P/c1-3-11-27(12-4-1)30(28-13-5-2-6-14-28)29-21-19-26(20-22-29)25-17-15-24(16-18-25)23-9-7-8-10-23/h1-9,11-22H,10H2. The molecule has 0 saturated heterocycles. The molecule has 0 saturated carbocycles.